The lowest BCUT2D eigenvalue weighted by atomic mass is 10.1. The largest absolute Gasteiger partial charge is 0.377 e. The third-order valence-electron chi connectivity index (χ3n) is 3.28. The Morgan fingerprint density at radius 3 is 2.30 bits per heavy atom. The summed E-state index contributed by atoms with van der Waals surface area (Å²) in [7, 11) is 0.213. The molecule has 0 aliphatic carbocycles. The molecular formula is C14H19N3O2S. The Hall–Kier alpha value is -1.63. The zero-order chi connectivity index (χ0) is 14.9. The SMILES string of the molecule is CN(C)c1cccc2c(S(=O)(=O)C(N)CN)cccc12. The van der Waals surface area contributed by atoms with Crippen molar-refractivity contribution < 1.29 is 8.42 Å². The molecule has 2 aromatic carbocycles. The molecule has 0 saturated carbocycles. The Morgan fingerprint density at radius 2 is 1.70 bits per heavy atom. The first-order valence-corrected chi connectivity index (χ1v) is 7.83. The summed E-state index contributed by atoms with van der Waals surface area (Å²) in [6, 6.07) is 10.8. The lowest BCUT2D eigenvalue weighted by Crippen LogP contribution is -2.37. The second-order valence-corrected chi connectivity index (χ2v) is 6.98. The maximum atomic E-state index is 12.4. The van der Waals surface area contributed by atoms with Crippen LogP contribution in [0.25, 0.3) is 10.8 Å². The summed E-state index contributed by atoms with van der Waals surface area (Å²) in [6.45, 7) is -0.105. The van der Waals surface area contributed by atoms with E-state index in [0.717, 1.165) is 11.1 Å². The molecule has 1 atom stereocenters. The van der Waals surface area contributed by atoms with Gasteiger partial charge in [0.1, 0.15) is 5.37 Å². The average molecular weight is 293 g/mol. The Bertz CT molecular complexity index is 726. The molecule has 0 aromatic heterocycles. The standard InChI is InChI=1S/C14H19N3O2S/c1-17(2)12-7-3-6-11-10(12)5-4-8-13(11)20(18,19)14(16)9-15/h3-8,14H,9,15-16H2,1-2H3. The number of sulfone groups is 1. The number of hydrogen-bond acceptors (Lipinski definition) is 5. The quantitative estimate of drug-likeness (QED) is 0.875. The lowest BCUT2D eigenvalue weighted by Gasteiger charge is -2.18. The third-order valence-corrected chi connectivity index (χ3v) is 5.24. The van der Waals surface area contributed by atoms with Gasteiger partial charge in [-0.25, -0.2) is 8.42 Å². The highest BCUT2D eigenvalue weighted by molar-refractivity contribution is 7.92. The summed E-state index contributed by atoms with van der Waals surface area (Å²) in [4.78, 5) is 2.18. The van der Waals surface area contributed by atoms with E-state index >= 15 is 0 Å². The van der Waals surface area contributed by atoms with Gasteiger partial charge in [-0.3, -0.25) is 0 Å². The van der Waals surface area contributed by atoms with E-state index in [4.69, 9.17) is 11.5 Å². The predicted molar refractivity (Wildman–Crippen MR) is 82.5 cm³/mol. The molecule has 0 aliphatic rings. The van der Waals surface area contributed by atoms with Gasteiger partial charge in [0.05, 0.1) is 4.90 Å². The van der Waals surface area contributed by atoms with Crippen molar-refractivity contribution in [3.05, 3.63) is 36.4 Å². The summed E-state index contributed by atoms with van der Waals surface area (Å²) in [5.74, 6) is 0. The number of nitrogens with two attached hydrogens (primary N) is 2. The van der Waals surface area contributed by atoms with Crippen LogP contribution >= 0.6 is 0 Å². The van der Waals surface area contributed by atoms with Crippen LogP contribution in [0.2, 0.25) is 0 Å². The third kappa shape index (κ3) is 2.37. The minimum atomic E-state index is -3.62. The van der Waals surface area contributed by atoms with Gasteiger partial charge in [-0.15, -0.1) is 0 Å². The summed E-state index contributed by atoms with van der Waals surface area (Å²) >= 11 is 0. The van der Waals surface area contributed by atoms with Crippen molar-refractivity contribution in [1.82, 2.24) is 0 Å². The topological polar surface area (TPSA) is 89.4 Å². The van der Waals surface area contributed by atoms with E-state index in [-0.39, 0.29) is 11.4 Å². The van der Waals surface area contributed by atoms with Gasteiger partial charge in [0, 0.05) is 37.1 Å². The average Bonchev–Trinajstić information content (AvgIpc) is 2.44. The Balaban J connectivity index is 2.77. The summed E-state index contributed by atoms with van der Waals surface area (Å²) < 4.78 is 24.9. The highest BCUT2D eigenvalue weighted by atomic mass is 32.2. The van der Waals surface area contributed by atoms with Crippen LogP contribution in [0.5, 0.6) is 0 Å². The summed E-state index contributed by atoms with van der Waals surface area (Å²) in [5.41, 5.74) is 12.0. The van der Waals surface area contributed by atoms with Gasteiger partial charge in [-0.05, 0) is 12.1 Å². The minimum Gasteiger partial charge on any atom is -0.377 e. The van der Waals surface area contributed by atoms with Crippen molar-refractivity contribution in [3.8, 4) is 0 Å². The van der Waals surface area contributed by atoms with Gasteiger partial charge in [0.25, 0.3) is 0 Å². The van der Waals surface area contributed by atoms with Crippen molar-refractivity contribution in [2.24, 2.45) is 11.5 Å². The van der Waals surface area contributed by atoms with Crippen molar-refractivity contribution in [3.63, 3.8) is 0 Å². The molecule has 0 radical (unpaired) electrons. The van der Waals surface area contributed by atoms with Gasteiger partial charge < -0.3 is 16.4 Å². The highest BCUT2D eigenvalue weighted by Gasteiger charge is 2.24. The number of nitrogens with zero attached hydrogens (tertiary/aromatic N) is 1. The van der Waals surface area contributed by atoms with Crippen molar-refractivity contribution in [1.29, 1.82) is 0 Å². The molecule has 108 valence electrons. The second kappa shape index (κ2) is 5.40. The fraction of sp³-hybridized carbons (Fsp3) is 0.286. The molecule has 1 unspecified atom stereocenters. The smallest absolute Gasteiger partial charge is 0.195 e. The molecule has 6 heteroatoms. The second-order valence-electron chi connectivity index (χ2n) is 4.84. The molecule has 0 spiro atoms. The first-order valence-electron chi connectivity index (χ1n) is 6.28. The van der Waals surface area contributed by atoms with E-state index in [1.165, 1.54) is 0 Å². The van der Waals surface area contributed by atoms with Crippen LogP contribution in [0.4, 0.5) is 5.69 Å². The Kier molecular flexibility index (Phi) is 3.99. The molecule has 0 heterocycles. The fourth-order valence-corrected chi connectivity index (χ4v) is 3.52. The molecule has 5 nitrogen and oxygen atoms in total. The molecule has 0 aliphatic heterocycles. The van der Waals surface area contributed by atoms with E-state index in [1.807, 2.05) is 37.2 Å². The normalized spacial score (nSPS) is 13.4. The summed E-state index contributed by atoms with van der Waals surface area (Å²) in [6.07, 6.45) is 0. The first-order chi connectivity index (χ1) is 9.39. The zero-order valence-corrected chi connectivity index (χ0v) is 12.4. The Morgan fingerprint density at radius 1 is 1.10 bits per heavy atom. The molecule has 2 aromatic rings. The zero-order valence-electron chi connectivity index (χ0n) is 11.6. The number of benzene rings is 2. The van der Waals surface area contributed by atoms with Gasteiger partial charge in [-0.1, -0.05) is 24.3 Å². The molecule has 0 saturated heterocycles. The van der Waals surface area contributed by atoms with E-state index in [1.54, 1.807) is 18.2 Å². The number of anilines is 1. The van der Waals surface area contributed by atoms with E-state index in [9.17, 15) is 8.42 Å². The van der Waals surface area contributed by atoms with Crippen LogP contribution in [0.1, 0.15) is 0 Å². The molecule has 0 bridgehead atoms. The van der Waals surface area contributed by atoms with Crippen LogP contribution in [-0.2, 0) is 9.84 Å². The first kappa shape index (κ1) is 14.8. The lowest BCUT2D eigenvalue weighted by molar-refractivity contribution is 0.582. The van der Waals surface area contributed by atoms with E-state index in [2.05, 4.69) is 0 Å². The van der Waals surface area contributed by atoms with Crippen LogP contribution in [0.3, 0.4) is 0 Å². The Labute approximate surface area is 119 Å². The number of fused-ring (bicyclic) bond motifs is 1. The van der Waals surface area contributed by atoms with Crippen LogP contribution in [-0.4, -0.2) is 34.4 Å². The van der Waals surface area contributed by atoms with Crippen molar-refractivity contribution >= 4 is 26.3 Å². The van der Waals surface area contributed by atoms with Crippen LogP contribution in [0.15, 0.2) is 41.3 Å². The molecule has 2 rings (SSSR count). The van der Waals surface area contributed by atoms with Crippen LogP contribution < -0.4 is 16.4 Å². The molecule has 0 fully saturated rings. The maximum Gasteiger partial charge on any atom is 0.195 e. The van der Waals surface area contributed by atoms with Gasteiger partial charge in [-0.2, -0.15) is 0 Å². The fourth-order valence-electron chi connectivity index (χ4n) is 2.19. The highest BCUT2D eigenvalue weighted by Crippen LogP contribution is 2.31. The molecule has 4 N–H and O–H groups in total. The molecular weight excluding hydrogens is 274 g/mol. The molecule has 20 heavy (non-hydrogen) atoms. The van der Waals surface area contributed by atoms with E-state index < -0.39 is 15.2 Å². The number of rotatable bonds is 4. The monoisotopic (exact) mass is 293 g/mol. The van der Waals surface area contributed by atoms with Crippen LogP contribution in [0, 0.1) is 0 Å². The van der Waals surface area contributed by atoms with Gasteiger partial charge >= 0.3 is 0 Å². The number of hydrogen-bond donors (Lipinski definition) is 2. The van der Waals surface area contributed by atoms with Crippen molar-refractivity contribution in [2.75, 3.05) is 25.5 Å². The van der Waals surface area contributed by atoms with E-state index in [0.29, 0.717) is 5.39 Å². The van der Waals surface area contributed by atoms with Gasteiger partial charge in [0.2, 0.25) is 0 Å². The predicted octanol–water partition coefficient (Wildman–Crippen LogP) is 0.923. The minimum absolute atomic E-state index is 0.105. The van der Waals surface area contributed by atoms with Gasteiger partial charge in [0.15, 0.2) is 9.84 Å². The maximum absolute atomic E-state index is 12.4. The summed E-state index contributed by atoms with van der Waals surface area (Å²) in [5, 5.41) is 0.460. The molecule has 0 amide bonds. The van der Waals surface area contributed by atoms with Crippen molar-refractivity contribution in [2.45, 2.75) is 10.3 Å².